The maximum Gasteiger partial charge on any atom is 0.0130 e. The Kier molecular flexibility index (Phi) is 2.86. The molecule has 1 heteroatoms. The van der Waals surface area contributed by atoms with Gasteiger partial charge < -0.3 is 0 Å². The molecule has 3 rings (SSSR count). The van der Waals surface area contributed by atoms with Gasteiger partial charge in [0.2, 0.25) is 0 Å². The third-order valence-corrected chi connectivity index (χ3v) is 3.94. The van der Waals surface area contributed by atoms with Gasteiger partial charge in [-0.1, -0.05) is 76.7 Å². The van der Waals surface area contributed by atoms with Crippen LogP contribution in [-0.4, -0.2) is 5.33 Å². The van der Waals surface area contributed by atoms with Gasteiger partial charge in [-0.05, 0) is 21.6 Å². The number of alkyl halides is 1. The van der Waals surface area contributed by atoms with Crippen LogP contribution >= 0.6 is 15.9 Å². The predicted molar refractivity (Wildman–Crippen MR) is 77.2 cm³/mol. The maximum absolute atomic E-state index is 3.54. The molecule has 1 unspecified atom stereocenters. The van der Waals surface area contributed by atoms with Gasteiger partial charge in [0.25, 0.3) is 0 Å². The van der Waals surface area contributed by atoms with Gasteiger partial charge >= 0.3 is 0 Å². The van der Waals surface area contributed by atoms with Crippen molar-refractivity contribution >= 4 is 27.6 Å². The van der Waals surface area contributed by atoms with E-state index >= 15 is 0 Å². The molecule has 1 atom stereocenters. The van der Waals surface area contributed by atoms with E-state index in [9.17, 15) is 0 Å². The van der Waals surface area contributed by atoms with Crippen molar-refractivity contribution in [1.82, 2.24) is 0 Å². The van der Waals surface area contributed by atoms with Gasteiger partial charge in [-0.15, -0.1) is 0 Å². The van der Waals surface area contributed by atoms with Crippen molar-refractivity contribution in [2.45, 2.75) is 0 Å². The fourth-order valence-corrected chi connectivity index (χ4v) is 2.72. The number of rotatable bonds is 1. The summed E-state index contributed by atoms with van der Waals surface area (Å²) in [5, 5.41) is 3.61. The monoisotopic (exact) mass is 284 g/mol. The molecular formula is C16H13Br. The van der Waals surface area contributed by atoms with E-state index in [1.807, 2.05) is 0 Å². The van der Waals surface area contributed by atoms with Gasteiger partial charge in [-0.2, -0.15) is 0 Å². The van der Waals surface area contributed by atoms with Crippen LogP contribution in [0.4, 0.5) is 0 Å². The lowest BCUT2D eigenvalue weighted by molar-refractivity contribution is 0.953. The lowest BCUT2D eigenvalue weighted by Gasteiger charge is -2.14. The van der Waals surface area contributed by atoms with Gasteiger partial charge in [0.1, 0.15) is 0 Å². The molecule has 0 spiro atoms. The maximum atomic E-state index is 3.54. The molecule has 2 aliphatic carbocycles. The molecule has 1 aromatic carbocycles. The zero-order chi connectivity index (χ0) is 11.7. The normalized spacial score (nSPS) is 21.1. The molecular weight excluding hydrogens is 272 g/mol. The van der Waals surface area contributed by atoms with Crippen molar-refractivity contribution in [3.63, 3.8) is 0 Å². The highest BCUT2D eigenvalue weighted by Crippen LogP contribution is 2.24. The van der Waals surface area contributed by atoms with Crippen LogP contribution in [0.25, 0.3) is 11.6 Å². The number of fused-ring (bicyclic) bond motifs is 2. The summed E-state index contributed by atoms with van der Waals surface area (Å²) < 4.78 is 0. The quantitative estimate of drug-likeness (QED) is 0.696. The third kappa shape index (κ3) is 1.96. The summed E-state index contributed by atoms with van der Waals surface area (Å²) in [7, 11) is 0. The van der Waals surface area contributed by atoms with Crippen molar-refractivity contribution in [3.05, 3.63) is 70.7 Å². The van der Waals surface area contributed by atoms with Crippen molar-refractivity contribution in [1.29, 1.82) is 0 Å². The summed E-state index contributed by atoms with van der Waals surface area (Å²) in [6, 6.07) is 8.56. The first-order valence-electron chi connectivity index (χ1n) is 5.82. The molecule has 0 fully saturated rings. The van der Waals surface area contributed by atoms with Crippen LogP contribution in [0.5, 0.6) is 0 Å². The number of hydrogen-bond acceptors (Lipinski definition) is 0. The highest BCUT2D eigenvalue weighted by molar-refractivity contribution is 9.09. The second-order valence-electron chi connectivity index (χ2n) is 4.33. The molecule has 0 aromatic heterocycles. The van der Waals surface area contributed by atoms with Crippen molar-refractivity contribution in [3.8, 4) is 0 Å². The minimum atomic E-state index is 0.503. The summed E-state index contributed by atoms with van der Waals surface area (Å²) in [6.45, 7) is 0. The largest absolute Gasteiger partial charge is 0.0918 e. The molecule has 84 valence electrons. The second kappa shape index (κ2) is 4.50. The molecule has 0 radical (unpaired) electrons. The molecule has 0 saturated heterocycles. The van der Waals surface area contributed by atoms with E-state index in [-0.39, 0.29) is 0 Å². The number of benzene rings is 1. The Morgan fingerprint density at radius 1 is 1.12 bits per heavy atom. The van der Waals surface area contributed by atoms with Crippen LogP contribution in [0.2, 0.25) is 0 Å². The first kappa shape index (κ1) is 10.8. The van der Waals surface area contributed by atoms with Crippen molar-refractivity contribution < 1.29 is 0 Å². The average Bonchev–Trinajstić information content (AvgIpc) is 2.57. The average molecular weight is 285 g/mol. The van der Waals surface area contributed by atoms with E-state index in [0.717, 1.165) is 5.33 Å². The summed E-state index contributed by atoms with van der Waals surface area (Å²) in [4.78, 5) is 0. The summed E-state index contributed by atoms with van der Waals surface area (Å²) in [6.07, 6.45) is 13.4. The predicted octanol–water partition coefficient (Wildman–Crippen LogP) is 2.69. The van der Waals surface area contributed by atoms with Gasteiger partial charge in [0, 0.05) is 11.2 Å². The van der Waals surface area contributed by atoms with Gasteiger partial charge in [0.15, 0.2) is 0 Å². The van der Waals surface area contributed by atoms with Crippen LogP contribution in [0.15, 0.2) is 60.2 Å². The Balaban J connectivity index is 2.30. The zero-order valence-corrected chi connectivity index (χ0v) is 11.0. The second-order valence-corrected chi connectivity index (χ2v) is 4.97. The molecule has 0 bridgehead atoms. The van der Waals surface area contributed by atoms with E-state index in [1.54, 1.807) is 0 Å². The zero-order valence-electron chi connectivity index (χ0n) is 9.44. The lowest BCUT2D eigenvalue weighted by atomic mass is 9.92. The Bertz CT molecular complexity index is 644. The first-order chi connectivity index (χ1) is 8.38. The van der Waals surface area contributed by atoms with E-state index in [2.05, 4.69) is 76.7 Å². The minimum absolute atomic E-state index is 0.503. The van der Waals surface area contributed by atoms with Crippen molar-refractivity contribution in [2.75, 3.05) is 5.33 Å². The molecule has 0 N–H and O–H groups in total. The molecule has 17 heavy (non-hydrogen) atoms. The Hall–Kier alpha value is -1.34. The van der Waals surface area contributed by atoms with Crippen LogP contribution in [0.3, 0.4) is 0 Å². The van der Waals surface area contributed by atoms with E-state index < -0.39 is 0 Å². The summed E-state index contributed by atoms with van der Waals surface area (Å²) in [5.41, 5.74) is 2.67. The van der Waals surface area contributed by atoms with Crippen LogP contribution in [0, 0.1) is 5.92 Å². The van der Waals surface area contributed by atoms with E-state index in [1.165, 1.54) is 21.6 Å². The highest BCUT2D eigenvalue weighted by Gasteiger charge is 2.11. The fourth-order valence-electron chi connectivity index (χ4n) is 2.32. The number of allylic oxidation sites excluding steroid dienone is 6. The summed E-state index contributed by atoms with van der Waals surface area (Å²) >= 11 is 3.54. The minimum Gasteiger partial charge on any atom is -0.0918 e. The van der Waals surface area contributed by atoms with Crippen LogP contribution in [-0.2, 0) is 0 Å². The Labute approximate surface area is 109 Å². The Morgan fingerprint density at radius 3 is 2.88 bits per heavy atom. The Morgan fingerprint density at radius 2 is 2.00 bits per heavy atom. The van der Waals surface area contributed by atoms with Gasteiger partial charge in [0.05, 0.1) is 0 Å². The molecule has 0 saturated carbocycles. The van der Waals surface area contributed by atoms with E-state index in [4.69, 9.17) is 0 Å². The van der Waals surface area contributed by atoms with Crippen molar-refractivity contribution in [2.24, 2.45) is 5.92 Å². The number of hydrogen-bond donors (Lipinski definition) is 0. The standard InChI is InChI=1S/C16H13Br/c17-11-12-8-9-16-14(10-12)6-3-5-13-4-1-2-7-15(13)16/h1-10,12H,11H2. The van der Waals surface area contributed by atoms with Gasteiger partial charge in [-0.3, -0.25) is 0 Å². The van der Waals surface area contributed by atoms with E-state index in [0.29, 0.717) is 5.92 Å². The molecule has 0 amide bonds. The molecule has 0 nitrogen and oxygen atoms in total. The third-order valence-electron chi connectivity index (χ3n) is 3.20. The fraction of sp³-hybridized carbons (Fsp3) is 0.125. The molecule has 0 heterocycles. The molecule has 1 aromatic rings. The molecule has 2 aliphatic rings. The summed E-state index contributed by atoms with van der Waals surface area (Å²) in [5.74, 6) is 0.503. The number of halogens is 1. The first-order valence-corrected chi connectivity index (χ1v) is 6.95. The lowest BCUT2D eigenvalue weighted by Crippen LogP contribution is -2.26. The van der Waals surface area contributed by atoms with Crippen LogP contribution in [0.1, 0.15) is 0 Å². The smallest absolute Gasteiger partial charge is 0.0130 e. The topological polar surface area (TPSA) is 0 Å². The highest BCUT2D eigenvalue weighted by atomic mass is 79.9. The SMILES string of the molecule is BrCC1C=CC2=c3ccccc3=CC=CC2=C1. The van der Waals surface area contributed by atoms with Crippen LogP contribution < -0.4 is 10.4 Å². The molecule has 0 aliphatic heterocycles. The van der Waals surface area contributed by atoms with Gasteiger partial charge in [-0.25, -0.2) is 0 Å².